The van der Waals surface area contributed by atoms with Gasteiger partial charge in [-0.15, -0.1) is 0 Å². The second kappa shape index (κ2) is 6.38. The number of methoxy groups -OCH3 is 1. The van der Waals surface area contributed by atoms with Crippen molar-refractivity contribution in [2.24, 2.45) is 0 Å². The van der Waals surface area contributed by atoms with Crippen LogP contribution in [0.4, 0.5) is 0 Å². The monoisotopic (exact) mass is 262 g/mol. The van der Waals surface area contributed by atoms with Crippen LogP contribution in [0.15, 0.2) is 0 Å². The van der Waals surface area contributed by atoms with E-state index >= 15 is 0 Å². The van der Waals surface area contributed by atoms with Crippen molar-refractivity contribution >= 4 is 15.8 Å². The molecule has 100 valence electrons. The topological polar surface area (TPSA) is 60.4 Å². The van der Waals surface area contributed by atoms with Crippen molar-refractivity contribution in [2.45, 2.75) is 62.4 Å². The van der Waals surface area contributed by atoms with Gasteiger partial charge in [-0.3, -0.25) is 4.79 Å². The van der Waals surface area contributed by atoms with Gasteiger partial charge in [-0.25, -0.2) is 8.42 Å². The van der Waals surface area contributed by atoms with Gasteiger partial charge in [-0.2, -0.15) is 0 Å². The first-order chi connectivity index (χ1) is 8.04. The molecule has 0 aliphatic heterocycles. The summed E-state index contributed by atoms with van der Waals surface area (Å²) in [7, 11) is -2.10. The highest BCUT2D eigenvalue weighted by atomic mass is 32.2. The Morgan fingerprint density at radius 1 is 1.35 bits per heavy atom. The number of carbonyl (C=O) groups is 1. The summed E-state index contributed by atoms with van der Waals surface area (Å²) >= 11 is 0. The highest BCUT2D eigenvalue weighted by molar-refractivity contribution is 7.93. The van der Waals surface area contributed by atoms with E-state index < -0.39 is 21.1 Å². The molecule has 0 aromatic carbocycles. The number of esters is 1. The van der Waals surface area contributed by atoms with Gasteiger partial charge < -0.3 is 4.74 Å². The van der Waals surface area contributed by atoms with E-state index in [1.54, 1.807) is 0 Å². The fourth-order valence-corrected chi connectivity index (χ4v) is 4.70. The Kier molecular flexibility index (Phi) is 5.43. The molecule has 17 heavy (non-hydrogen) atoms. The van der Waals surface area contributed by atoms with Crippen LogP contribution in [0.3, 0.4) is 0 Å². The smallest absolute Gasteiger partial charge is 0.324 e. The van der Waals surface area contributed by atoms with E-state index in [1.165, 1.54) is 7.11 Å². The Morgan fingerprint density at radius 2 is 1.94 bits per heavy atom. The molecule has 1 fully saturated rings. The molecule has 1 saturated carbocycles. The average Bonchev–Trinajstić information content (AvgIpc) is 2.83. The Labute approximate surface area is 104 Å². The predicted molar refractivity (Wildman–Crippen MR) is 66.5 cm³/mol. The van der Waals surface area contributed by atoms with Crippen LogP contribution in [0.2, 0.25) is 0 Å². The lowest BCUT2D eigenvalue weighted by molar-refractivity contribution is -0.140. The van der Waals surface area contributed by atoms with Gasteiger partial charge in [0.2, 0.25) is 0 Å². The first kappa shape index (κ1) is 14.5. The number of unbranched alkanes of at least 4 members (excludes halogenated alkanes) is 1. The Hall–Kier alpha value is -0.580. The fraction of sp³-hybridized carbons (Fsp3) is 0.917. The van der Waals surface area contributed by atoms with Gasteiger partial charge in [-0.1, -0.05) is 32.6 Å². The van der Waals surface area contributed by atoms with E-state index in [4.69, 9.17) is 0 Å². The number of hydrogen-bond acceptors (Lipinski definition) is 4. The second-order valence-electron chi connectivity index (χ2n) is 4.65. The van der Waals surface area contributed by atoms with Gasteiger partial charge in [0.15, 0.2) is 15.1 Å². The molecule has 5 heteroatoms. The molecular formula is C12H22O4S. The molecule has 0 saturated heterocycles. The molecule has 0 N–H and O–H groups in total. The van der Waals surface area contributed by atoms with E-state index in [2.05, 4.69) is 4.74 Å². The largest absolute Gasteiger partial charge is 0.468 e. The SMILES string of the molecule is CCCCC(C(=O)OC)S(=O)(=O)C1CCCC1. The Morgan fingerprint density at radius 3 is 2.41 bits per heavy atom. The molecule has 0 amide bonds. The zero-order valence-electron chi connectivity index (χ0n) is 10.6. The summed E-state index contributed by atoms with van der Waals surface area (Å²) in [5.74, 6) is -0.592. The predicted octanol–water partition coefficient (Wildman–Crippen LogP) is 2.08. The molecule has 0 heterocycles. The zero-order valence-corrected chi connectivity index (χ0v) is 11.5. The van der Waals surface area contributed by atoms with Crippen molar-refractivity contribution in [1.82, 2.24) is 0 Å². The van der Waals surface area contributed by atoms with Gasteiger partial charge in [0.1, 0.15) is 0 Å². The summed E-state index contributed by atoms with van der Waals surface area (Å²) < 4.78 is 29.3. The summed E-state index contributed by atoms with van der Waals surface area (Å²) in [5.41, 5.74) is 0. The van der Waals surface area contributed by atoms with E-state index in [0.29, 0.717) is 19.3 Å². The average molecular weight is 262 g/mol. The second-order valence-corrected chi connectivity index (χ2v) is 7.06. The third kappa shape index (κ3) is 3.44. The highest BCUT2D eigenvalue weighted by Gasteiger charge is 2.40. The molecule has 1 aliphatic carbocycles. The van der Waals surface area contributed by atoms with Gasteiger partial charge in [-0.05, 0) is 19.3 Å². The summed E-state index contributed by atoms with van der Waals surface area (Å²) in [6, 6.07) is 0. The minimum Gasteiger partial charge on any atom is -0.468 e. The molecule has 0 bridgehead atoms. The van der Waals surface area contributed by atoms with Crippen LogP contribution < -0.4 is 0 Å². The van der Waals surface area contributed by atoms with Crippen LogP contribution in [0.25, 0.3) is 0 Å². The van der Waals surface area contributed by atoms with Crippen molar-refractivity contribution in [3.05, 3.63) is 0 Å². The zero-order chi connectivity index (χ0) is 12.9. The maximum Gasteiger partial charge on any atom is 0.324 e. The lowest BCUT2D eigenvalue weighted by Gasteiger charge is -2.19. The molecule has 1 atom stereocenters. The minimum absolute atomic E-state index is 0.330. The third-order valence-electron chi connectivity index (χ3n) is 3.45. The summed E-state index contributed by atoms with van der Waals surface area (Å²) in [6.45, 7) is 1.98. The molecule has 1 unspecified atom stereocenters. The van der Waals surface area contributed by atoms with Crippen molar-refractivity contribution in [1.29, 1.82) is 0 Å². The van der Waals surface area contributed by atoms with Crippen molar-refractivity contribution in [3.63, 3.8) is 0 Å². The molecule has 0 aromatic heterocycles. The van der Waals surface area contributed by atoms with Crippen LogP contribution >= 0.6 is 0 Å². The van der Waals surface area contributed by atoms with E-state index in [1.807, 2.05) is 6.92 Å². The van der Waals surface area contributed by atoms with Crippen molar-refractivity contribution in [3.8, 4) is 0 Å². The van der Waals surface area contributed by atoms with Crippen LogP contribution in [0, 0.1) is 0 Å². The molecule has 4 nitrogen and oxygen atoms in total. The van der Waals surface area contributed by atoms with Crippen molar-refractivity contribution < 1.29 is 17.9 Å². The van der Waals surface area contributed by atoms with Crippen LogP contribution in [-0.2, 0) is 19.4 Å². The van der Waals surface area contributed by atoms with Crippen LogP contribution in [0.1, 0.15) is 51.9 Å². The van der Waals surface area contributed by atoms with Gasteiger partial charge in [0, 0.05) is 0 Å². The molecule has 0 spiro atoms. The van der Waals surface area contributed by atoms with E-state index in [9.17, 15) is 13.2 Å². The number of rotatable bonds is 6. The first-order valence-electron chi connectivity index (χ1n) is 6.34. The lowest BCUT2D eigenvalue weighted by atomic mass is 10.2. The number of hydrogen-bond donors (Lipinski definition) is 0. The molecular weight excluding hydrogens is 240 g/mol. The molecule has 0 aromatic rings. The Bertz CT molecular complexity index is 342. The van der Waals surface area contributed by atoms with Gasteiger partial charge in [0.25, 0.3) is 0 Å². The standard InChI is InChI=1S/C12H22O4S/c1-3-4-9-11(12(13)16-2)17(14,15)10-7-5-6-8-10/h10-11H,3-9H2,1-2H3. The molecule has 0 radical (unpaired) electrons. The first-order valence-corrected chi connectivity index (χ1v) is 7.95. The summed E-state index contributed by atoms with van der Waals surface area (Å²) in [5, 5.41) is -1.28. The van der Waals surface area contributed by atoms with Crippen molar-refractivity contribution in [2.75, 3.05) is 7.11 Å². The number of ether oxygens (including phenoxy) is 1. The lowest BCUT2D eigenvalue weighted by Crippen LogP contribution is -2.37. The fourth-order valence-electron chi connectivity index (χ4n) is 2.39. The highest BCUT2D eigenvalue weighted by Crippen LogP contribution is 2.29. The van der Waals surface area contributed by atoms with Gasteiger partial charge >= 0.3 is 5.97 Å². The normalized spacial score (nSPS) is 19.2. The van der Waals surface area contributed by atoms with Crippen LogP contribution in [0.5, 0.6) is 0 Å². The molecule has 1 rings (SSSR count). The Balaban J connectivity index is 2.83. The minimum atomic E-state index is -3.36. The third-order valence-corrected chi connectivity index (χ3v) is 6.07. The van der Waals surface area contributed by atoms with E-state index in [0.717, 1.165) is 25.7 Å². The van der Waals surface area contributed by atoms with Gasteiger partial charge in [0.05, 0.1) is 12.4 Å². The summed E-state index contributed by atoms with van der Waals surface area (Å²) in [6.07, 6.45) is 5.31. The number of sulfone groups is 1. The maximum atomic E-state index is 12.3. The summed E-state index contributed by atoms with van der Waals surface area (Å²) in [4.78, 5) is 11.6. The van der Waals surface area contributed by atoms with E-state index in [-0.39, 0.29) is 5.25 Å². The molecule has 1 aliphatic rings. The maximum absolute atomic E-state index is 12.3. The number of carbonyl (C=O) groups excluding carboxylic acids is 1. The quantitative estimate of drug-likeness (QED) is 0.688. The van der Waals surface area contributed by atoms with Crippen LogP contribution in [-0.4, -0.2) is 32.0 Å².